The fourth-order valence-corrected chi connectivity index (χ4v) is 2.03. The summed E-state index contributed by atoms with van der Waals surface area (Å²) in [7, 11) is 0. The van der Waals surface area contributed by atoms with Gasteiger partial charge in [0.2, 0.25) is 5.75 Å². The number of nitrogens with zero attached hydrogens (tertiary/aromatic N) is 2. The molecule has 3 N–H and O–H groups in total. The number of hydrogen-bond acceptors (Lipinski definition) is 6. The van der Waals surface area contributed by atoms with Gasteiger partial charge in [-0.1, -0.05) is 11.6 Å². The average Bonchev–Trinajstić information content (AvgIpc) is 2.57. The summed E-state index contributed by atoms with van der Waals surface area (Å²) in [6, 6.07) is 7.68. The number of anilines is 1. The predicted molar refractivity (Wildman–Crippen MR) is 90.4 cm³/mol. The number of carbonyl (C=O) groups excluding carboxylic acids is 1. The van der Waals surface area contributed by atoms with Gasteiger partial charge < -0.3 is 10.4 Å². The average molecular weight is 367 g/mol. The van der Waals surface area contributed by atoms with E-state index in [-0.39, 0.29) is 17.1 Å². The van der Waals surface area contributed by atoms with Crippen molar-refractivity contribution in [2.75, 3.05) is 11.9 Å². The molecule has 25 heavy (non-hydrogen) atoms. The van der Waals surface area contributed by atoms with Crippen LogP contribution in [0.15, 0.2) is 41.5 Å². The van der Waals surface area contributed by atoms with Crippen LogP contribution in [0, 0.1) is 15.9 Å². The van der Waals surface area contributed by atoms with Gasteiger partial charge in [-0.3, -0.25) is 14.9 Å². The summed E-state index contributed by atoms with van der Waals surface area (Å²) in [6.07, 6.45) is 1.03. The molecule has 0 radical (unpaired) electrons. The van der Waals surface area contributed by atoms with Gasteiger partial charge in [-0.25, -0.2) is 9.82 Å². The molecule has 0 aliphatic carbocycles. The number of amides is 1. The number of halogens is 2. The van der Waals surface area contributed by atoms with Crippen LogP contribution >= 0.6 is 11.6 Å². The van der Waals surface area contributed by atoms with Gasteiger partial charge in [-0.05, 0) is 30.3 Å². The Morgan fingerprint density at radius 3 is 2.68 bits per heavy atom. The van der Waals surface area contributed by atoms with E-state index in [1.54, 1.807) is 0 Å². The van der Waals surface area contributed by atoms with Crippen LogP contribution in [0.25, 0.3) is 0 Å². The molecule has 10 heteroatoms. The molecule has 2 aromatic carbocycles. The summed E-state index contributed by atoms with van der Waals surface area (Å²) < 4.78 is 12.8. The number of nitrogens with one attached hydrogen (secondary N) is 2. The van der Waals surface area contributed by atoms with Crippen molar-refractivity contribution in [1.82, 2.24) is 5.43 Å². The summed E-state index contributed by atoms with van der Waals surface area (Å²) in [6.45, 7) is -0.134. The van der Waals surface area contributed by atoms with E-state index in [1.807, 2.05) is 0 Å². The minimum atomic E-state index is -0.788. The summed E-state index contributed by atoms with van der Waals surface area (Å²) >= 11 is 5.73. The number of phenolic OH excluding ortho intramolecular Hbond substituents is 1. The fourth-order valence-electron chi connectivity index (χ4n) is 1.81. The molecule has 0 bridgehead atoms. The lowest BCUT2D eigenvalue weighted by Gasteiger charge is -2.05. The van der Waals surface area contributed by atoms with E-state index in [9.17, 15) is 24.4 Å². The highest BCUT2D eigenvalue weighted by molar-refractivity contribution is 6.31. The Morgan fingerprint density at radius 1 is 1.36 bits per heavy atom. The normalized spacial score (nSPS) is 10.6. The molecule has 0 aliphatic heterocycles. The molecule has 0 saturated heterocycles. The Hall–Kier alpha value is -3.20. The van der Waals surface area contributed by atoms with Crippen LogP contribution in [0.3, 0.4) is 0 Å². The zero-order valence-electron chi connectivity index (χ0n) is 12.6. The van der Waals surface area contributed by atoms with Crippen LogP contribution in [0.2, 0.25) is 5.02 Å². The molecule has 2 rings (SSSR count). The van der Waals surface area contributed by atoms with E-state index in [2.05, 4.69) is 15.8 Å². The summed E-state index contributed by atoms with van der Waals surface area (Å²) in [5, 5.41) is 27.0. The number of phenols is 1. The van der Waals surface area contributed by atoms with Crippen molar-refractivity contribution in [3.05, 3.63) is 62.9 Å². The lowest BCUT2D eigenvalue weighted by molar-refractivity contribution is -0.385. The van der Waals surface area contributed by atoms with Crippen LogP contribution in [0.1, 0.15) is 5.56 Å². The standard InChI is InChI=1S/C15H12ClFN4O4/c16-10-5-9(15(23)13(6-10)21(24)25)7-19-20-14(22)8-18-12-3-1-11(17)2-4-12/h1-7,18,23H,8H2,(H,20,22). The summed E-state index contributed by atoms with van der Waals surface area (Å²) in [5.41, 5.74) is 2.13. The molecule has 0 heterocycles. The second-order valence-corrected chi connectivity index (χ2v) is 5.21. The van der Waals surface area contributed by atoms with Crippen molar-refractivity contribution in [2.24, 2.45) is 5.10 Å². The van der Waals surface area contributed by atoms with Crippen molar-refractivity contribution >= 4 is 35.1 Å². The highest BCUT2D eigenvalue weighted by Crippen LogP contribution is 2.32. The van der Waals surface area contributed by atoms with Crippen LogP contribution < -0.4 is 10.7 Å². The maximum absolute atomic E-state index is 12.8. The molecular formula is C15H12ClFN4O4. The zero-order chi connectivity index (χ0) is 18.4. The van der Waals surface area contributed by atoms with Crippen LogP contribution in [0.5, 0.6) is 5.75 Å². The summed E-state index contributed by atoms with van der Waals surface area (Å²) in [5.74, 6) is -1.52. The van der Waals surface area contributed by atoms with E-state index < -0.39 is 28.1 Å². The zero-order valence-corrected chi connectivity index (χ0v) is 13.3. The SMILES string of the molecule is O=C(CNc1ccc(F)cc1)NN=Cc1cc(Cl)cc([N+](=O)[O-])c1O. The second-order valence-electron chi connectivity index (χ2n) is 4.77. The van der Waals surface area contributed by atoms with Gasteiger partial charge in [-0.2, -0.15) is 5.10 Å². The van der Waals surface area contributed by atoms with E-state index in [4.69, 9.17) is 11.6 Å². The van der Waals surface area contributed by atoms with Crippen LogP contribution in [-0.4, -0.2) is 28.7 Å². The van der Waals surface area contributed by atoms with E-state index >= 15 is 0 Å². The monoisotopic (exact) mass is 366 g/mol. The third-order valence-electron chi connectivity index (χ3n) is 2.97. The number of nitro groups is 1. The highest BCUT2D eigenvalue weighted by atomic mass is 35.5. The van der Waals surface area contributed by atoms with Crippen molar-refractivity contribution in [2.45, 2.75) is 0 Å². The number of hydrogen-bond donors (Lipinski definition) is 3. The maximum atomic E-state index is 12.8. The molecule has 130 valence electrons. The molecule has 0 spiro atoms. The number of hydrazone groups is 1. The predicted octanol–water partition coefficient (Wildman–Crippen LogP) is 2.66. The third-order valence-corrected chi connectivity index (χ3v) is 3.19. The van der Waals surface area contributed by atoms with Crippen LogP contribution in [0.4, 0.5) is 15.8 Å². The number of nitro benzene ring substituents is 1. The molecule has 0 atom stereocenters. The van der Waals surface area contributed by atoms with Crippen molar-refractivity contribution in [1.29, 1.82) is 0 Å². The Bertz CT molecular complexity index is 827. The Balaban J connectivity index is 1.95. The second kappa shape index (κ2) is 8.06. The molecule has 0 fully saturated rings. The first-order valence-corrected chi connectivity index (χ1v) is 7.23. The van der Waals surface area contributed by atoms with Gasteiger partial charge in [0.1, 0.15) is 5.82 Å². The quantitative estimate of drug-likeness (QED) is 0.413. The number of rotatable bonds is 6. The molecule has 2 aromatic rings. The third kappa shape index (κ3) is 5.15. The van der Waals surface area contributed by atoms with Gasteiger partial charge in [-0.15, -0.1) is 0 Å². The lowest BCUT2D eigenvalue weighted by Crippen LogP contribution is -2.25. The molecule has 1 amide bonds. The van der Waals surface area contributed by atoms with Gasteiger partial charge in [0.15, 0.2) is 0 Å². The topological polar surface area (TPSA) is 117 Å². The first-order valence-electron chi connectivity index (χ1n) is 6.85. The molecule has 0 aromatic heterocycles. The molecule has 0 aliphatic rings. The van der Waals surface area contributed by atoms with E-state index in [0.29, 0.717) is 5.69 Å². The molecule has 8 nitrogen and oxygen atoms in total. The fraction of sp³-hybridized carbons (Fsp3) is 0.0667. The van der Waals surface area contributed by atoms with Crippen LogP contribution in [-0.2, 0) is 4.79 Å². The first kappa shape index (κ1) is 18.1. The Labute approximate surface area is 146 Å². The summed E-state index contributed by atoms with van der Waals surface area (Å²) in [4.78, 5) is 21.6. The van der Waals surface area contributed by atoms with Crippen molar-refractivity contribution < 1.29 is 19.2 Å². The largest absolute Gasteiger partial charge is 0.502 e. The van der Waals surface area contributed by atoms with Gasteiger partial charge in [0.05, 0.1) is 17.7 Å². The first-order chi connectivity index (χ1) is 11.9. The van der Waals surface area contributed by atoms with Gasteiger partial charge in [0.25, 0.3) is 5.91 Å². The van der Waals surface area contributed by atoms with E-state index in [0.717, 1.165) is 12.3 Å². The lowest BCUT2D eigenvalue weighted by atomic mass is 10.2. The molecular weight excluding hydrogens is 355 g/mol. The Kier molecular flexibility index (Phi) is 5.85. The van der Waals surface area contributed by atoms with Gasteiger partial charge >= 0.3 is 5.69 Å². The molecule has 0 saturated carbocycles. The Morgan fingerprint density at radius 2 is 2.04 bits per heavy atom. The molecule has 0 unspecified atom stereocenters. The minimum absolute atomic E-state index is 0.0222. The van der Waals surface area contributed by atoms with Crippen molar-refractivity contribution in [3.8, 4) is 5.75 Å². The number of aromatic hydroxyl groups is 1. The van der Waals surface area contributed by atoms with E-state index in [1.165, 1.54) is 30.3 Å². The van der Waals surface area contributed by atoms with Gasteiger partial charge in [0, 0.05) is 22.3 Å². The smallest absolute Gasteiger partial charge is 0.312 e. The highest BCUT2D eigenvalue weighted by Gasteiger charge is 2.17. The maximum Gasteiger partial charge on any atom is 0.312 e. The van der Waals surface area contributed by atoms with Crippen molar-refractivity contribution in [3.63, 3.8) is 0 Å². The number of carbonyl (C=O) groups is 1. The number of benzene rings is 2. The minimum Gasteiger partial charge on any atom is -0.502 e.